The Kier molecular flexibility index (Phi) is 7.17. The summed E-state index contributed by atoms with van der Waals surface area (Å²) < 4.78 is 35.0. The molecule has 182 valence electrons. The molecular weight excluding hydrogens is 470 g/mol. The Morgan fingerprint density at radius 1 is 1.06 bits per heavy atom. The molecule has 4 aromatic rings. The number of ether oxygens (including phenoxy) is 2. The van der Waals surface area contributed by atoms with E-state index in [0.29, 0.717) is 19.8 Å². The van der Waals surface area contributed by atoms with Gasteiger partial charge in [-0.3, -0.25) is 4.90 Å². The zero-order valence-electron chi connectivity index (χ0n) is 19.3. The van der Waals surface area contributed by atoms with Gasteiger partial charge in [-0.15, -0.1) is 11.3 Å². The molecule has 9 heteroatoms. The van der Waals surface area contributed by atoms with Gasteiger partial charge in [-0.1, -0.05) is 42.5 Å². The average molecular weight is 497 g/mol. The summed E-state index contributed by atoms with van der Waals surface area (Å²) in [6.07, 6.45) is 0. The summed E-state index contributed by atoms with van der Waals surface area (Å²) in [5.41, 5.74) is 3.12. The van der Waals surface area contributed by atoms with E-state index < -0.39 is 6.61 Å². The second-order valence-electron chi connectivity index (χ2n) is 8.39. The first-order valence-corrected chi connectivity index (χ1v) is 12.4. The smallest absolute Gasteiger partial charge is 0.387 e. The number of nitrogens with zero attached hydrogens (tertiary/aromatic N) is 3. The first kappa shape index (κ1) is 23.6. The molecule has 35 heavy (non-hydrogen) atoms. The number of hydrogen-bond donors (Lipinski definition) is 1. The van der Waals surface area contributed by atoms with Gasteiger partial charge in [0, 0.05) is 30.1 Å². The van der Waals surface area contributed by atoms with E-state index in [0.717, 1.165) is 51.6 Å². The van der Waals surface area contributed by atoms with Gasteiger partial charge < -0.3 is 14.8 Å². The average Bonchev–Trinajstić information content (AvgIpc) is 3.30. The molecule has 1 saturated heterocycles. The predicted molar refractivity (Wildman–Crippen MR) is 134 cm³/mol. The standard InChI is InChI=1S/C26H26F2N4O2S/c1-17(18-7-9-20(10-8-18)34-26(27)28)29-24-23-21(19-5-3-2-4-6-19)16-35-25(23)31-22(30-24)15-32-11-13-33-14-12-32/h2-10,16-17,26H,11-15H2,1H3,(H,29,30,31). The van der Waals surface area contributed by atoms with Crippen LogP contribution in [0.15, 0.2) is 60.0 Å². The van der Waals surface area contributed by atoms with Gasteiger partial charge >= 0.3 is 6.61 Å². The SMILES string of the molecule is CC(Nc1nc(CN2CCOCC2)nc2scc(-c3ccccc3)c12)c1ccc(OC(F)F)cc1. The minimum Gasteiger partial charge on any atom is -0.435 e. The minimum atomic E-state index is -2.84. The van der Waals surface area contributed by atoms with E-state index in [-0.39, 0.29) is 11.8 Å². The predicted octanol–water partition coefficient (Wildman–Crippen LogP) is 5.97. The summed E-state index contributed by atoms with van der Waals surface area (Å²) >= 11 is 1.61. The van der Waals surface area contributed by atoms with E-state index in [1.54, 1.807) is 35.6 Å². The highest BCUT2D eigenvalue weighted by atomic mass is 32.1. The minimum absolute atomic E-state index is 0.117. The monoisotopic (exact) mass is 496 g/mol. The molecule has 2 aromatic heterocycles. The molecule has 0 saturated carbocycles. The van der Waals surface area contributed by atoms with E-state index in [4.69, 9.17) is 14.7 Å². The second-order valence-corrected chi connectivity index (χ2v) is 9.24. The summed E-state index contributed by atoms with van der Waals surface area (Å²) in [5.74, 6) is 1.66. The van der Waals surface area contributed by atoms with Gasteiger partial charge in [-0.05, 0) is 30.2 Å². The van der Waals surface area contributed by atoms with Gasteiger partial charge in [0.05, 0.1) is 25.1 Å². The number of alkyl halides is 2. The fourth-order valence-electron chi connectivity index (χ4n) is 4.18. The fourth-order valence-corrected chi connectivity index (χ4v) is 5.14. The number of fused-ring (bicyclic) bond motifs is 1. The molecule has 0 spiro atoms. The van der Waals surface area contributed by atoms with Crippen molar-refractivity contribution in [2.24, 2.45) is 0 Å². The zero-order chi connectivity index (χ0) is 24.2. The van der Waals surface area contributed by atoms with Gasteiger partial charge in [0.25, 0.3) is 0 Å². The molecule has 2 aromatic carbocycles. The summed E-state index contributed by atoms with van der Waals surface area (Å²) in [4.78, 5) is 13.1. The topological polar surface area (TPSA) is 59.5 Å². The van der Waals surface area contributed by atoms with Gasteiger partial charge in [-0.2, -0.15) is 8.78 Å². The summed E-state index contributed by atoms with van der Waals surface area (Å²) in [6, 6.07) is 16.8. The molecule has 0 aliphatic carbocycles. The molecule has 0 radical (unpaired) electrons. The molecule has 1 aliphatic rings. The van der Waals surface area contributed by atoms with Crippen LogP contribution in [0.1, 0.15) is 24.4 Å². The van der Waals surface area contributed by atoms with Crippen LogP contribution in [0, 0.1) is 0 Å². The van der Waals surface area contributed by atoms with Crippen molar-refractivity contribution in [2.75, 3.05) is 31.6 Å². The number of morpholine rings is 1. The summed E-state index contributed by atoms with van der Waals surface area (Å²) in [5, 5.41) is 6.67. The molecule has 0 amide bonds. The van der Waals surface area contributed by atoms with Gasteiger partial charge in [0.2, 0.25) is 0 Å². The molecule has 6 nitrogen and oxygen atoms in total. The molecule has 1 fully saturated rings. The van der Waals surface area contributed by atoms with E-state index in [1.165, 1.54) is 0 Å². The number of hydrogen-bond acceptors (Lipinski definition) is 7. The van der Waals surface area contributed by atoms with E-state index in [1.807, 2.05) is 25.1 Å². The number of aromatic nitrogens is 2. The highest BCUT2D eigenvalue weighted by Gasteiger charge is 2.19. The maximum Gasteiger partial charge on any atom is 0.387 e. The lowest BCUT2D eigenvalue weighted by molar-refractivity contribution is -0.0498. The third kappa shape index (κ3) is 5.58. The molecule has 1 N–H and O–H groups in total. The Hall–Kier alpha value is -3.14. The third-order valence-electron chi connectivity index (χ3n) is 5.99. The Bertz CT molecular complexity index is 1260. The highest BCUT2D eigenvalue weighted by Crippen LogP contribution is 2.38. The Morgan fingerprint density at radius 2 is 1.80 bits per heavy atom. The summed E-state index contributed by atoms with van der Waals surface area (Å²) in [7, 11) is 0. The maximum absolute atomic E-state index is 12.5. The van der Waals surface area contributed by atoms with Crippen molar-refractivity contribution in [1.82, 2.24) is 14.9 Å². The molecule has 0 bridgehead atoms. The largest absolute Gasteiger partial charge is 0.435 e. The van der Waals surface area contributed by atoms with Crippen LogP contribution in [0.5, 0.6) is 5.75 Å². The number of halogens is 2. The molecule has 5 rings (SSSR count). The Morgan fingerprint density at radius 3 is 2.51 bits per heavy atom. The van der Waals surface area contributed by atoms with Crippen molar-refractivity contribution < 1.29 is 18.3 Å². The van der Waals surface area contributed by atoms with Crippen LogP contribution in [0.25, 0.3) is 21.3 Å². The summed E-state index contributed by atoms with van der Waals surface area (Å²) in [6.45, 7) is 2.97. The number of benzene rings is 2. The molecule has 3 heterocycles. The molecule has 1 aliphatic heterocycles. The normalized spacial score (nSPS) is 15.4. The van der Waals surface area contributed by atoms with Crippen molar-refractivity contribution in [3.05, 3.63) is 71.4 Å². The first-order valence-electron chi connectivity index (χ1n) is 11.5. The molecular formula is C26H26F2N4O2S. The zero-order valence-corrected chi connectivity index (χ0v) is 20.1. The lowest BCUT2D eigenvalue weighted by Crippen LogP contribution is -2.36. The van der Waals surface area contributed by atoms with Crippen LogP contribution in [0.4, 0.5) is 14.6 Å². The van der Waals surface area contributed by atoms with E-state index in [2.05, 4.69) is 32.5 Å². The first-order chi connectivity index (χ1) is 17.1. The number of thiophene rings is 1. The van der Waals surface area contributed by atoms with Crippen LogP contribution in [0.3, 0.4) is 0 Å². The van der Waals surface area contributed by atoms with Crippen molar-refractivity contribution in [3.8, 4) is 16.9 Å². The Balaban J connectivity index is 1.48. The van der Waals surface area contributed by atoms with Crippen LogP contribution in [-0.2, 0) is 11.3 Å². The van der Waals surface area contributed by atoms with Crippen LogP contribution in [0.2, 0.25) is 0 Å². The molecule has 1 atom stereocenters. The van der Waals surface area contributed by atoms with Gasteiger partial charge in [0.15, 0.2) is 0 Å². The van der Waals surface area contributed by atoms with Crippen LogP contribution < -0.4 is 10.1 Å². The van der Waals surface area contributed by atoms with Crippen LogP contribution in [-0.4, -0.2) is 47.8 Å². The van der Waals surface area contributed by atoms with E-state index in [9.17, 15) is 8.78 Å². The number of rotatable bonds is 8. The highest BCUT2D eigenvalue weighted by molar-refractivity contribution is 7.17. The van der Waals surface area contributed by atoms with Gasteiger partial charge in [0.1, 0.15) is 22.2 Å². The van der Waals surface area contributed by atoms with Crippen LogP contribution >= 0.6 is 11.3 Å². The van der Waals surface area contributed by atoms with Crippen molar-refractivity contribution >= 4 is 27.4 Å². The number of anilines is 1. The fraction of sp³-hybridized carbons (Fsp3) is 0.308. The Labute approximate surface area is 206 Å². The molecule has 1 unspecified atom stereocenters. The second kappa shape index (κ2) is 10.6. The quantitative estimate of drug-likeness (QED) is 0.325. The lowest BCUT2D eigenvalue weighted by atomic mass is 10.1. The number of nitrogens with one attached hydrogen (secondary N) is 1. The maximum atomic E-state index is 12.5. The lowest BCUT2D eigenvalue weighted by Gasteiger charge is -2.26. The van der Waals surface area contributed by atoms with Crippen molar-refractivity contribution in [3.63, 3.8) is 0 Å². The van der Waals surface area contributed by atoms with E-state index >= 15 is 0 Å². The van der Waals surface area contributed by atoms with Crippen molar-refractivity contribution in [1.29, 1.82) is 0 Å². The van der Waals surface area contributed by atoms with Crippen molar-refractivity contribution in [2.45, 2.75) is 26.1 Å². The van der Waals surface area contributed by atoms with Gasteiger partial charge in [-0.25, -0.2) is 9.97 Å². The third-order valence-corrected chi connectivity index (χ3v) is 6.86.